The minimum Gasteiger partial charge on any atom is -0.301 e. The third-order valence-corrected chi connectivity index (χ3v) is 8.03. The van der Waals surface area contributed by atoms with Gasteiger partial charge in [0.05, 0.1) is 34.3 Å². The highest BCUT2D eigenvalue weighted by Gasteiger charge is 2.33. The fraction of sp³-hybridized carbons (Fsp3) is 0.148. The first-order valence-corrected chi connectivity index (χ1v) is 13.7. The number of carbonyl (C=O) groups excluding carboxylic acids is 1. The molecule has 190 valence electrons. The van der Waals surface area contributed by atoms with E-state index < -0.39 is 0 Å². The van der Waals surface area contributed by atoms with Crippen LogP contribution in [0.3, 0.4) is 0 Å². The number of rotatable bonds is 6. The summed E-state index contributed by atoms with van der Waals surface area (Å²) in [7, 11) is 0. The molecule has 2 aromatic carbocycles. The third-order valence-electron chi connectivity index (χ3n) is 6.25. The van der Waals surface area contributed by atoms with Crippen molar-refractivity contribution in [2.45, 2.75) is 24.5 Å². The zero-order chi connectivity index (χ0) is 26.2. The second-order valence-electron chi connectivity index (χ2n) is 8.82. The van der Waals surface area contributed by atoms with Crippen molar-refractivity contribution in [2.24, 2.45) is 5.10 Å². The van der Waals surface area contributed by atoms with Crippen molar-refractivity contribution in [1.29, 1.82) is 0 Å². The summed E-state index contributed by atoms with van der Waals surface area (Å²) >= 11 is 2.68. The average Bonchev–Trinajstić information content (AvgIpc) is 3.68. The summed E-state index contributed by atoms with van der Waals surface area (Å²) < 4.78 is 15.2. The monoisotopic (exact) mass is 544 g/mol. The average molecular weight is 545 g/mol. The van der Waals surface area contributed by atoms with Gasteiger partial charge in [0.2, 0.25) is 0 Å². The van der Waals surface area contributed by atoms with Crippen LogP contribution in [0.1, 0.15) is 28.5 Å². The largest absolute Gasteiger partial charge is 0.301 e. The Kier molecular flexibility index (Phi) is 6.38. The number of carbonyl (C=O) groups is 1. The van der Waals surface area contributed by atoms with Gasteiger partial charge < -0.3 is 4.98 Å². The highest BCUT2D eigenvalue weighted by Crippen LogP contribution is 2.34. The van der Waals surface area contributed by atoms with Crippen molar-refractivity contribution in [2.75, 3.05) is 5.75 Å². The number of hydrazone groups is 1. The van der Waals surface area contributed by atoms with Gasteiger partial charge in [-0.1, -0.05) is 47.7 Å². The normalized spacial score (nSPS) is 15.3. The molecular weight excluding hydrogens is 523 g/mol. The first-order valence-electron chi connectivity index (χ1n) is 11.8. The molecule has 0 unspecified atom stereocenters. The summed E-state index contributed by atoms with van der Waals surface area (Å²) in [6.45, 7) is 1.99. The summed E-state index contributed by atoms with van der Waals surface area (Å²) in [4.78, 5) is 34.5. The highest BCUT2D eigenvalue weighted by atomic mass is 32.2. The summed E-state index contributed by atoms with van der Waals surface area (Å²) in [5.74, 6) is -0.577. The van der Waals surface area contributed by atoms with Gasteiger partial charge >= 0.3 is 0 Å². The van der Waals surface area contributed by atoms with Crippen LogP contribution in [-0.4, -0.2) is 42.1 Å². The number of hydrogen-bond acceptors (Lipinski definition) is 7. The molecule has 3 aromatic heterocycles. The molecule has 4 heterocycles. The predicted molar refractivity (Wildman–Crippen MR) is 146 cm³/mol. The van der Waals surface area contributed by atoms with Gasteiger partial charge in [0.1, 0.15) is 11.2 Å². The molecule has 8 nitrogen and oxygen atoms in total. The lowest BCUT2D eigenvalue weighted by atomic mass is 10.0. The standard InChI is InChI=1S/C27H21FN6O2S2/c1-16-4-10-19(11-5-16)33-25-20(14-29-33)26(36)31-27(30-25)38-15-24(35)34-22(17-6-8-18(28)9-7-17)13-21(32-34)23-3-2-12-37-23/h2-12,14,22H,13,15H2,1H3,(H,30,31,36)/t22-/m0/s1. The van der Waals surface area contributed by atoms with Crippen LogP contribution in [0.25, 0.3) is 16.7 Å². The number of nitrogens with one attached hydrogen (secondary N) is 1. The van der Waals surface area contributed by atoms with Gasteiger partial charge in [0.25, 0.3) is 11.5 Å². The van der Waals surface area contributed by atoms with Crippen molar-refractivity contribution < 1.29 is 9.18 Å². The van der Waals surface area contributed by atoms with Crippen LogP contribution >= 0.6 is 23.1 Å². The molecule has 0 spiro atoms. The number of aromatic amines is 1. The Hall–Kier alpha value is -4.09. The molecule has 1 N–H and O–H groups in total. The van der Waals surface area contributed by atoms with Gasteiger partial charge in [-0.3, -0.25) is 9.59 Å². The van der Waals surface area contributed by atoms with E-state index >= 15 is 0 Å². The van der Waals surface area contributed by atoms with Gasteiger partial charge in [-0.25, -0.2) is 19.1 Å². The minimum absolute atomic E-state index is 0.00598. The summed E-state index contributed by atoms with van der Waals surface area (Å²) in [6, 6.07) is 17.4. The van der Waals surface area contributed by atoms with Gasteiger partial charge in [0, 0.05) is 6.42 Å². The molecule has 0 saturated carbocycles. The maximum Gasteiger partial charge on any atom is 0.262 e. The lowest BCUT2D eigenvalue weighted by Crippen LogP contribution is -2.28. The molecule has 1 atom stereocenters. The lowest BCUT2D eigenvalue weighted by Gasteiger charge is -2.21. The molecule has 0 bridgehead atoms. The molecule has 0 saturated heterocycles. The Morgan fingerprint density at radius 3 is 2.68 bits per heavy atom. The summed E-state index contributed by atoms with van der Waals surface area (Å²) in [6.07, 6.45) is 2.01. The fourth-order valence-electron chi connectivity index (χ4n) is 4.31. The second kappa shape index (κ2) is 9.99. The first kappa shape index (κ1) is 24.3. The number of hydrogen-bond donors (Lipinski definition) is 1. The van der Waals surface area contributed by atoms with Gasteiger partial charge in [-0.15, -0.1) is 11.3 Å². The Morgan fingerprint density at radius 1 is 1.16 bits per heavy atom. The molecule has 1 amide bonds. The Balaban J connectivity index is 1.26. The van der Waals surface area contributed by atoms with Crippen molar-refractivity contribution in [3.05, 3.63) is 104 Å². The van der Waals surface area contributed by atoms with Crippen molar-refractivity contribution in [3.63, 3.8) is 0 Å². The number of thioether (sulfide) groups is 1. The van der Waals surface area contributed by atoms with Crippen molar-refractivity contribution >= 4 is 45.8 Å². The van der Waals surface area contributed by atoms with E-state index in [0.717, 1.165) is 39.2 Å². The topological polar surface area (TPSA) is 96.2 Å². The maximum atomic E-state index is 13.6. The zero-order valence-electron chi connectivity index (χ0n) is 20.2. The van der Waals surface area contributed by atoms with E-state index in [0.29, 0.717) is 22.6 Å². The number of nitrogens with zero attached hydrogens (tertiary/aromatic N) is 5. The van der Waals surface area contributed by atoms with E-state index in [9.17, 15) is 14.0 Å². The fourth-order valence-corrected chi connectivity index (χ4v) is 5.74. The quantitative estimate of drug-likeness (QED) is 0.237. The third kappa shape index (κ3) is 4.66. The van der Waals surface area contributed by atoms with Crippen LogP contribution in [-0.2, 0) is 4.79 Å². The number of halogens is 1. The number of benzene rings is 2. The number of aryl methyl sites for hydroxylation is 1. The van der Waals surface area contributed by atoms with E-state index in [1.54, 1.807) is 28.2 Å². The SMILES string of the molecule is Cc1ccc(-n2ncc3c(=O)[nH]c(SCC(=O)N4N=C(c5cccs5)C[C@H]4c4ccc(F)cc4)nc32)cc1. The zero-order valence-corrected chi connectivity index (χ0v) is 21.8. The Morgan fingerprint density at radius 2 is 1.95 bits per heavy atom. The number of fused-ring (bicyclic) bond motifs is 1. The number of aromatic nitrogens is 4. The Bertz CT molecular complexity index is 1710. The van der Waals surface area contributed by atoms with E-state index in [1.807, 2.05) is 48.7 Å². The summed E-state index contributed by atoms with van der Waals surface area (Å²) in [5.41, 5.74) is 3.59. The van der Waals surface area contributed by atoms with Crippen LogP contribution in [0.2, 0.25) is 0 Å². The molecule has 6 rings (SSSR count). The lowest BCUT2D eigenvalue weighted by molar-refractivity contribution is -0.130. The number of amides is 1. The maximum absolute atomic E-state index is 13.6. The van der Waals surface area contributed by atoms with Gasteiger partial charge in [-0.05, 0) is 48.2 Å². The van der Waals surface area contributed by atoms with Crippen LogP contribution < -0.4 is 5.56 Å². The summed E-state index contributed by atoms with van der Waals surface area (Å²) in [5, 5.41) is 13.1. The molecule has 0 fully saturated rings. The number of H-pyrrole nitrogens is 1. The van der Waals surface area contributed by atoms with E-state index in [1.165, 1.54) is 23.3 Å². The highest BCUT2D eigenvalue weighted by molar-refractivity contribution is 7.99. The molecule has 5 aromatic rings. The van der Waals surface area contributed by atoms with Crippen molar-refractivity contribution in [1.82, 2.24) is 24.8 Å². The van der Waals surface area contributed by atoms with Gasteiger partial charge in [-0.2, -0.15) is 10.2 Å². The molecule has 0 aliphatic carbocycles. The van der Waals surface area contributed by atoms with Crippen molar-refractivity contribution in [3.8, 4) is 5.69 Å². The second-order valence-corrected chi connectivity index (χ2v) is 10.7. The molecule has 11 heteroatoms. The smallest absolute Gasteiger partial charge is 0.262 e. The molecule has 1 aliphatic heterocycles. The van der Waals surface area contributed by atoms with Crippen LogP contribution in [0, 0.1) is 12.7 Å². The van der Waals surface area contributed by atoms with Crippen LogP contribution in [0.5, 0.6) is 0 Å². The molecule has 38 heavy (non-hydrogen) atoms. The molecule has 1 aliphatic rings. The van der Waals surface area contributed by atoms with Crippen LogP contribution in [0.15, 0.2) is 87.3 Å². The first-order chi connectivity index (χ1) is 18.5. The number of thiophene rings is 1. The van der Waals surface area contributed by atoms with E-state index in [2.05, 4.69) is 20.2 Å². The van der Waals surface area contributed by atoms with E-state index in [-0.39, 0.29) is 29.1 Å². The minimum atomic E-state index is -0.349. The van der Waals surface area contributed by atoms with Crippen LogP contribution in [0.4, 0.5) is 4.39 Å². The molecule has 0 radical (unpaired) electrons. The predicted octanol–water partition coefficient (Wildman–Crippen LogP) is 5.09. The van der Waals surface area contributed by atoms with Gasteiger partial charge in [0.15, 0.2) is 10.8 Å². The Labute approximate surface area is 224 Å². The molecular formula is C27H21FN6O2S2. The van der Waals surface area contributed by atoms with E-state index in [4.69, 9.17) is 0 Å².